The largest absolute Gasteiger partial charge is 0.494 e. The third-order valence-electron chi connectivity index (χ3n) is 4.11. The molecular formula is C22H23NO2S. The predicted octanol–water partition coefficient (Wildman–Crippen LogP) is 5.73. The molecule has 4 heteroatoms. The molecule has 0 aliphatic rings. The topological polar surface area (TPSA) is 38.7 Å². The predicted molar refractivity (Wildman–Crippen MR) is 106 cm³/mol. The molecule has 26 heavy (non-hydrogen) atoms. The van der Waals surface area contributed by atoms with E-state index in [1.165, 1.54) is 0 Å². The Balaban J connectivity index is 2.06. The number of ether oxygens (including phenoxy) is 1. The molecule has 0 fully saturated rings. The third-order valence-corrected chi connectivity index (χ3v) is 6.54. The van der Waals surface area contributed by atoms with Crippen molar-refractivity contribution in [3.63, 3.8) is 0 Å². The molecule has 0 aromatic heterocycles. The monoisotopic (exact) mass is 365 g/mol. The summed E-state index contributed by atoms with van der Waals surface area (Å²) in [5, 5.41) is 0. The second kappa shape index (κ2) is 8.19. The van der Waals surface area contributed by atoms with Crippen molar-refractivity contribution in [2.75, 3.05) is 6.61 Å². The molecule has 0 saturated heterocycles. The van der Waals surface area contributed by atoms with Gasteiger partial charge >= 0.3 is 0 Å². The lowest BCUT2D eigenvalue weighted by Crippen LogP contribution is -2.04. The third kappa shape index (κ3) is 3.97. The lowest BCUT2D eigenvalue weighted by molar-refractivity contribution is 0.340. The van der Waals surface area contributed by atoms with E-state index < -0.39 is 9.73 Å². The summed E-state index contributed by atoms with van der Waals surface area (Å²) in [6, 6.07) is 26.6. The fourth-order valence-corrected chi connectivity index (χ4v) is 4.90. The van der Waals surface area contributed by atoms with Crippen molar-refractivity contribution in [1.82, 2.24) is 0 Å². The van der Waals surface area contributed by atoms with E-state index in [0.717, 1.165) is 21.1 Å². The summed E-state index contributed by atoms with van der Waals surface area (Å²) >= 11 is 0. The van der Waals surface area contributed by atoms with Gasteiger partial charge in [-0.3, -0.25) is 0 Å². The Morgan fingerprint density at radius 2 is 1.35 bits per heavy atom. The van der Waals surface area contributed by atoms with Crippen LogP contribution >= 0.6 is 0 Å². The Morgan fingerprint density at radius 3 is 1.81 bits per heavy atom. The summed E-state index contributed by atoms with van der Waals surface area (Å²) in [6.07, 6.45) is 0. The Hall–Kier alpha value is -2.59. The van der Waals surface area contributed by atoms with Crippen molar-refractivity contribution < 1.29 is 8.95 Å². The van der Waals surface area contributed by atoms with Gasteiger partial charge in [0.25, 0.3) is 0 Å². The maximum atomic E-state index is 14.0. The molecular weight excluding hydrogens is 342 g/mol. The number of rotatable bonds is 6. The molecule has 0 spiro atoms. The van der Waals surface area contributed by atoms with E-state index in [9.17, 15) is 4.21 Å². The molecule has 0 amide bonds. The smallest absolute Gasteiger partial charge is 0.119 e. The highest BCUT2D eigenvalue weighted by atomic mass is 32.2. The van der Waals surface area contributed by atoms with Crippen LogP contribution in [0.5, 0.6) is 5.75 Å². The lowest BCUT2D eigenvalue weighted by atomic mass is 10.1. The van der Waals surface area contributed by atoms with Crippen molar-refractivity contribution in [2.24, 2.45) is 4.36 Å². The zero-order valence-corrected chi connectivity index (χ0v) is 15.9. The summed E-state index contributed by atoms with van der Waals surface area (Å²) in [6.45, 7) is 4.57. The molecule has 0 saturated carbocycles. The first-order valence-corrected chi connectivity index (χ1v) is 10.2. The van der Waals surface area contributed by atoms with Gasteiger partial charge in [0.2, 0.25) is 0 Å². The molecule has 3 aromatic rings. The van der Waals surface area contributed by atoms with E-state index in [-0.39, 0.29) is 6.04 Å². The van der Waals surface area contributed by atoms with Gasteiger partial charge in [0, 0.05) is 0 Å². The molecule has 0 heterocycles. The van der Waals surface area contributed by atoms with Gasteiger partial charge in [0.05, 0.1) is 22.4 Å². The van der Waals surface area contributed by atoms with Crippen LogP contribution in [0.1, 0.15) is 25.5 Å². The SMILES string of the molecule is CCOc1ccc(C(C)N=S(=O)(c2ccccc2)c2ccccc2)cc1. The average Bonchev–Trinajstić information content (AvgIpc) is 2.70. The standard InChI is InChI=1S/C22H23NO2S/c1-3-25-20-16-14-19(15-17-20)18(2)23-26(24,21-10-6-4-7-11-21)22-12-8-5-9-13-22/h4-18H,3H2,1-2H3. The molecule has 3 rings (SSSR count). The van der Waals surface area contributed by atoms with E-state index in [4.69, 9.17) is 9.10 Å². The highest BCUT2D eigenvalue weighted by Crippen LogP contribution is 2.29. The minimum Gasteiger partial charge on any atom is -0.494 e. The molecule has 0 aliphatic carbocycles. The van der Waals surface area contributed by atoms with Gasteiger partial charge in [-0.05, 0) is 55.8 Å². The second-order valence-corrected chi connectivity index (χ2v) is 8.14. The molecule has 0 N–H and O–H groups in total. The average molecular weight is 365 g/mol. The highest BCUT2D eigenvalue weighted by Gasteiger charge is 2.18. The Morgan fingerprint density at radius 1 is 0.846 bits per heavy atom. The van der Waals surface area contributed by atoms with Crippen LogP contribution in [0.3, 0.4) is 0 Å². The minimum atomic E-state index is -2.72. The van der Waals surface area contributed by atoms with Crippen LogP contribution in [-0.2, 0) is 9.73 Å². The maximum Gasteiger partial charge on any atom is 0.119 e. The van der Waals surface area contributed by atoms with Crippen LogP contribution in [-0.4, -0.2) is 10.8 Å². The van der Waals surface area contributed by atoms with Crippen LogP contribution in [0.15, 0.2) is 99.1 Å². The highest BCUT2D eigenvalue weighted by molar-refractivity contribution is 7.93. The van der Waals surface area contributed by atoms with Gasteiger partial charge in [-0.1, -0.05) is 48.5 Å². The molecule has 3 aromatic carbocycles. The van der Waals surface area contributed by atoms with Gasteiger partial charge in [-0.15, -0.1) is 0 Å². The van der Waals surface area contributed by atoms with E-state index in [2.05, 4.69) is 0 Å². The first-order chi connectivity index (χ1) is 12.6. The van der Waals surface area contributed by atoms with Crippen LogP contribution < -0.4 is 4.74 Å². The van der Waals surface area contributed by atoms with Crippen molar-refractivity contribution in [2.45, 2.75) is 29.7 Å². The fourth-order valence-electron chi connectivity index (χ4n) is 2.76. The summed E-state index contributed by atoms with van der Waals surface area (Å²) in [5.74, 6) is 0.829. The van der Waals surface area contributed by atoms with E-state index in [0.29, 0.717) is 6.61 Å². The van der Waals surface area contributed by atoms with Gasteiger partial charge < -0.3 is 4.74 Å². The summed E-state index contributed by atoms with van der Waals surface area (Å²) < 4.78 is 24.2. The number of benzene rings is 3. The quantitative estimate of drug-likeness (QED) is 0.559. The van der Waals surface area contributed by atoms with E-state index in [1.54, 1.807) is 0 Å². The van der Waals surface area contributed by atoms with Gasteiger partial charge in [-0.25, -0.2) is 8.57 Å². The lowest BCUT2D eigenvalue weighted by Gasteiger charge is -2.15. The Labute approximate surface area is 155 Å². The molecule has 0 aliphatic heterocycles. The first-order valence-electron chi connectivity index (χ1n) is 8.72. The van der Waals surface area contributed by atoms with Crippen molar-refractivity contribution in [3.8, 4) is 5.75 Å². The molecule has 134 valence electrons. The summed E-state index contributed by atoms with van der Waals surface area (Å²) in [5.41, 5.74) is 1.01. The molecule has 0 bridgehead atoms. The van der Waals surface area contributed by atoms with E-state index in [1.807, 2.05) is 98.8 Å². The van der Waals surface area contributed by atoms with Crippen molar-refractivity contribution >= 4 is 9.73 Å². The van der Waals surface area contributed by atoms with Gasteiger partial charge in [-0.2, -0.15) is 0 Å². The second-order valence-electron chi connectivity index (χ2n) is 5.94. The van der Waals surface area contributed by atoms with Crippen LogP contribution in [0.4, 0.5) is 0 Å². The Bertz CT molecular complexity index is 899. The van der Waals surface area contributed by atoms with Crippen molar-refractivity contribution in [1.29, 1.82) is 0 Å². The zero-order valence-electron chi connectivity index (χ0n) is 15.0. The van der Waals surface area contributed by atoms with E-state index >= 15 is 0 Å². The maximum absolute atomic E-state index is 14.0. The molecule has 1 atom stereocenters. The molecule has 1 unspecified atom stereocenters. The fraction of sp³-hybridized carbons (Fsp3) is 0.182. The van der Waals surface area contributed by atoms with Crippen LogP contribution in [0, 0.1) is 0 Å². The Kier molecular flexibility index (Phi) is 5.74. The summed E-state index contributed by atoms with van der Waals surface area (Å²) in [7, 11) is -2.72. The number of hydrogen-bond acceptors (Lipinski definition) is 3. The van der Waals surface area contributed by atoms with Crippen molar-refractivity contribution in [3.05, 3.63) is 90.5 Å². The number of hydrogen-bond donors (Lipinski definition) is 0. The molecule has 3 nitrogen and oxygen atoms in total. The van der Waals surface area contributed by atoms with Gasteiger partial charge in [0.15, 0.2) is 0 Å². The van der Waals surface area contributed by atoms with Gasteiger partial charge in [0.1, 0.15) is 15.5 Å². The van der Waals surface area contributed by atoms with Crippen LogP contribution in [0.2, 0.25) is 0 Å². The molecule has 0 radical (unpaired) electrons. The first kappa shape index (κ1) is 18.2. The normalized spacial score (nSPS) is 12.4. The summed E-state index contributed by atoms with van der Waals surface area (Å²) in [4.78, 5) is 1.45. The minimum absolute atomic E-state index is 0.210. The number of nitrogens with zero attached hydrogens (tertiary/aromatic N) is 1. The van der Waals surface area contributed by atoms with Crippen LogP contribution in [0.25, 0.3) is 0 Å². The zero-order chi connectivity index (χ0) is 18.4.